The molecular weight excluding hydrogens is 404 g/mol. The Kier molecular flexibility index (Phi) is 5.17. The number of carbonyl (C=O) groups is 1. The zero-order valence-corrected chi connectivity index (χ0v) is 17.6. The standard InChI is InChI=1S/C22H20N2O5S/c1-4-17-18(13-6-5-7-14(10-13)28-3)19-20(30-17)23-12(2)24(21(19)25)11-15-8-9-16(29-15)22(26)27/h5-10H,4,11H2,1-3H3,(H,26,27). The van der Waals surface area contributed by atoms with Crippen molar-refractivity contribution >= 4 is 27.5 Å². The van der Waals surface area contributed by atoms with Crippen molar-refractivity contribution in [2.45, 2.75) is 26.8 Å². The third-order valence-corrected chi connectivity index (χ3v) is 6.17. The fraction of sp³-hybridized carbons (Fsp3) is 0.227. The molecule has 7 nitrogen and oxygen atoms in total. The predicted octanol–water partition coefficient (Wildman–Crippen LogP) is 4.34. The fourth-order valence-electron chi connectivity index (χ4n) is 3.48. The molecule has 0 amide bonds. The summed E-state index contributed by atoms with van der Waals surface area (Å²) in [7, 11) is 1.61. The van der Waals surface area contributed by atoms with Crippen LogP contribution in [0.3, 0.4) is 0 Å². The normalized spacial score (nSPS) is 11.2. The summed E-state index contributed by atoms with van der Waals surface area (Å²) in [6.45, 7) is 3.92. The van der Waals surface area contributed by atoms with E-state index in [0.29, 0.717) is 27.6 Å². The number of carboxylic acids is 1. The smallest absolute Gasteiger partial charge is 0.371 e. The SMILES string of the molecule is CCc1sc2nc(C)n(Cc3ccc(C(=O)O)o3)c(=O)c2c1-c1cccc(OC)c1. The monoisotopic (exact) mass is 424 g/mol. The quantitative estimate of drug-likeness (QED) is 0.495. The van der Waals surface area contributed by atoms with Crippen molar-refractivity contribution in [3.63, 3.8) is 0 Å². The van der Waals surface area contributed by atoms with Gasteiger partial charge in [0.25, 0.3) is 5.56 Å². The molecule has 0 saturated carbocycles. The van der Waals surface area contributed by atoms with E-state index in [1.165, 1.54) is 22.0 Å². The van der Waals surface area contributed by atoms with Gasteiger partial charge in [-0.1, -0.05) is 19.1 Å². The van der Waals surface area contributed by atoms with Gasteiger partial charge in [0.1, 0.15) is 22.2 Å². The molecule has 0 unspecified atom stereocenters. The molecule has 154 valence electrons. The van der Waals surface area contributed by atoms with E-state index in [1.54, 1.807) is 20.1 Å². The van der Waals surface area contributed by atoms with Crippen molar-refractivity contribution in [1.82, 2.24) is 9.55 Å². The van der Waals surface area contributed by atoms with Gasteiger partial charge in [-0.25, -0.2) is 9.78 Å². The lowest BCUT2D eigenvalue weighted by Gasteiger charge is -2.10. The topological polar surface area (TPSA) is 94.6 Å². The number of aromatic nitrogens is 2. The Balaban J connectivity index is 1.91. The molecule has 1 aromatic carbocycles. The van der Waals surface area contributed by atoms with Crippen molar-refractivity contribution in [2.75, 3.05) is 7.11 Å². The molecule has 4 aromatic rings. The zero-order chi connectivity index (χ0) is 21.4. The van der Waals surface area contributed by atoms with E-state index in [1.807, 2.05) is 24.3 Å². The number of methoxy groups -OCH3 is 1. The summed E-state index contributed by atoms with van der Waals surface area (Å²) < 4.78 is 12.2. The lowest BCUT2D eigenvalue weighted by atomic mass is 10.0. The molecule has 3 heterocycles. The first kappa shape index (κ1) is 19.9. The fourth-order valence-corrected chi connectivity index (χ4v) is 4.65. The second-order valence-corrected chi connectivity index (χ2v) is 7.87. The predicted molar refractivity (Wildman–Crippen MR) is 115 cm³/mol. The Morgan fingerprint density at radius 3 is 2.77 bits per heavy atom. The van der Waals surface area contributed by atoms with Crippen LogP contribution in [-0.2, 0) is 13.0 Å². The minimum absolute atomic E-state index is 0.107. The van der Waals surface area contributed by atoms with Crippen LogP contribution in [0.1, 0.15) is 33.9 Å². The molecule has 0 atom stereocenters. The minimum Gasteiger partial charge on any atom is -0.497 e. The Morgan fingerprint density at radius 1 is 1.30 bits per heavy atom. The second kappa shape index (κ2) is 7.79. The van der Waals surface area contributed by atoms with Gasteiger partial charge in [0.05, 0.1) is 19.0 Å². The van der Waals surface area contributed by atoms with Gasteiger partial charge < -0.3 is 14.3 Å². The molecule has 30 heavy (non-hydrogen) atoms. The first-order chi connectivity index (χ1) is 14.4. The van der Waals surface area contributed by atoms with E-state index in [4.69, 9.17) is 14.3 Å². The van der Waals surface area contributed by atoms with E-state index < -0.39 is 5.97 Å². The third kappa shape index (κ3) is 3.39. The van der Waals surface area contributed by atoms with E-state index >= 15 is 0 Å². The molecule has 1 N–H and O–H groups in total. The molecule has 0 saturated heterocycles. The lowest BCUT2D eigenvalue weighted by Crippen LogP contribution is -2.24. The van der Waals surface area contributed by atoms with Crippen LogP contribution in [0.5, 0.6) is 5.75 Å². The van der Waals surface area contributed by atoms with Gasteiger partial charge in [0.2, 0.25) is 5.76 Å². The molecule has 0 bridgehead atoms. The highest BCUT2D eigenvalue weighted by molar-refractivity contribution is 7.19. The van der Waals surface area contributed by atoms with Crippen LogP contribution in [0.25, 0.3) is 21.3 Å². The number of furan rings is 1. The Hall–Kier alpha value is -3.39. The summed E-state index contributed by atoms with van der Waals surface area (Å²) in [5.41, 5.74) is 1.59. The number of benzene rings is 1. The number of ether oxygens (including phenoxy) is 1. The van der Waals surface area contributed by atoms with Crippen molar-refractivity contribution in [1.29, 1.82) is 0 Å². The molecule has 0 spiro atoms. The van der Waals surface area contributed by atoms with Gasteiger partial charge in [-0.15, -0.1) is 11.3 Å². The van der Waals surface area contributed by atoms with E-state index in [-0.39, 0.29) is 17.9 Å². The maximum Gasteiger partial charge on any atom is 0.371 e. The van der Waals surface area contributed by atoms with Gasteiger partial charge >= 0.3 is 5.97 Å². The summed E-state index contributed by atoms with van der Waals surface area (Å²) >= 11 is 1.52. The van der Waals surface area contributed by atoms with Crippen LogP contribution in [0.15, 0.2) is 45.6 Å². The summed E-state index contributed by atoms with van der Waals surface area (Å²) in [6.07, 6.45) is 0.770. The van der Waals surface area contributed by atoms with Gasteiger partial charge in [0, 0.05) is 10.4 Å². The number of rotatable bonds is 6. The number of aromatic carboxylic acids is 1. The molecule has 0 aliphatic carbocycles. The van der Waals surface area contributed by atoms with Crippen LogP contribution >= 0.6 is 11.3 Å². The first-order valence-corrected chi connectivity index (χ1v) is 10.2. The summed E-state index contributed by atoms with van der Waals surface area (Å²) in [5, 5.41) is 9.62. The number of hydrogen-bond acceptors (Lipinski definition) is 6. The van der Waals surface area contributed by atoms with Crippen molar-refractivity contribution in [3.8, 4) is 16.9 Å². The highest BCUT2D eigenvalue weighted by Crippen LogP contribution is 2.37. The largest absolute Gasteiger partial charge is 0.497 e. The number of nitrogens with zero attached hydrogens (tertiary/aromatic N) is 2. The van der Waals surface area contributed by atoms with Crippen LogP contribution in [-0.4, -0.2) is 27.7 Å². The molecule has 8 heteroatoms. The molecular formula is C22H20N2O5S. The van der Waals surface area contributed by atoms with Crippen LogP contribution in [0, 0.1) is 6.92 Å². The molecule has 0 aliphatic heterocycles. The van der Waals surface area contributed by atoms with E-state index in [2.05, 4.69) is 11.9 Å². The maximum absolute atomic E-state index is 13.5. The second-order valence-electron chi connectivity index (χ2n) is 6.79. The van der Waals surface area contributed by atoms with Gasteiger partial charge in [-0.3, -0.25) is 9.36 Å². The Labute approximate surface area is 176 Å². The highest BCUT2D eigenvalue weighted by atomic mass is 32.1. The van der Waals surface area contributed by atoms with Crippen molar-refractivity contribution in [3.05, 3.63) is 69.0 Å². The summed E-state index contributed by atoms with van der Waals surface area (Å²) in [5.74, 6) is 0.329. The summed E-state index contributed by atoms with van der Waals surface area (Å²) in [6, 6.07) is 10.6. The van der Waals surface area contributed by atoms with Crippen molar-refractivity contribution in [2.24, 2.45) is 0 Å². The molecule has 0 aliphatic rings. The third-order valence-electron chi connectivity index (χ3n) is 4.94. The van der Waals surface area contributed by atoms with Crippen LogP contribution < -0.4 is 10.3 Å². The summed E-state index contributed by atoms with van der Waals surface area (Å²) in [4.78, 5) is 31.0. The Bertz CT molecular complexity index is 1320. The van der Waals surface area contributed by atoms with Crippen molar-refractivity contribution < 1.29 is 19.1 Å². The minimum atomic E-state index is -1.15. The molecule has 4 rings (SSSR count). The number of hydrogen-bond donors (Lipinski definition) is 1. The number of fused-ring (bicyclic) bond motifs is 1. The van der Waals surface area contributed by atoms with Gasteiger partial charge in [-0.05, 0) is 43.2 Å². The average Bonchev–Trinajstić information content (AvgIpc) is 3.35. The number of thiophene rings is 1. The van der Waals surface area contributed by atoms with Crippen LogP contribution in [0.2, 0.25) is 0 Å². The van der Waals surface area contributed by atoms with E-state index in [9.17, 15) is 9.59 Å². The number of aryl methyl sites for hydroxylation is 2. The zero-order valence-electron chi connectivity index (χ0n) is 16.8. The lowest BCUT2D eigenvalue weighted by molar-refractivity contribution is 0.0660. The van der Waals surface area contributed by atoms with E-state index in [0.717, 1.165) is 22.4 Å². The molecule has 3 aromatic heterocycles. The Morgan fingerprint density at radius 2 is 2.10 bits per heavy atom. The first-order valence-electron chi connectivity index (χ1n) is 9.42. The number of carboxylic acid groups (broad SMARTS) is 1. The highest BCUT2D eigenvalue weighted by Gasteiger charge is 2.21. The molecule has 0 radical (unpaired) electrons. The molecule has 0 fully saturated rings. The average molecular weight is 424 g/mol. The van der Waals surface area contributed by atoms with Crippen LogP contribution in [0.4, 0.5) is 0 Å². The van der Waals surface area contributed by atoms with Gasteiger partial charge in [-0.2, -0.15) is 0 Å². The van der Waals surface area contributed by atoms with Gasteiger partial charge in [0.15, 0.2) is 0 Å². The maximum atomic E-state index is 13.5.